The molecule has 0 N–H and O–H groups in total. The fourth-order valence-corrected chi connectivity index (χ4v) is 3.82. The maximum Gasteiger partial charge on any atom is 0.233 e. The van der Waals surface area contributed by atoms with Gasteiger partial charge >= 0.3 is 0 Å². The highest BCUT2D eigenvalue weighted by Gasteiger charge is 2.14. The zero-order valence-corrected chi connectivity index (χ0v) is 17.2. The summed E-state index contributed by atoms with van der Waals surface area (Å²) in [6, 6.07) is 17.6. The highest BCUT2D eigenvalue weighted by atomic mass is 35.5. The van der Waals surface area contributed by atoms with Crippen LogP contribution in [0.5, 0.6) is 5.88 Å². The van der Waals surface area contributed by atoms with Crippen LogP contribution in [0, 0.1) is 0 Å². The second-order valence-corrected chi connectivity index (χ2v) is 7.81. The van der Waals surface area contributed by atoms with E-state index in [4.69, 9.17) is 27.9 Å². The number of ether oxygens (including phenoxy) is 1. The Morgan fingerprint density at radius 3 is 2.46 bits per heavy atom. The first-order valence-corrected chi connectivity index (χ1v) is 10.4. The third-order valence-electron chi connectivity index (χ3n) is 4.97. The van der Waals surface area contributed by atoms with Crippen LogP contribution in [0.1, 0.15) is 19.3 Å². The fourth-order valence-electron chi connectivity index (χ4n) is 3.53. The Kier molecular flexibility index (Phi) is 6.20. The molecule has 4 rings (SSSR count). The maximum absolute atomic E-state index is 6.22. The van der Waals surface area contributed by atoms with Gasteiger partial charge in [-0.2, -0.15) is 0 Å². The molecule has 0 spiro atoms. The quantitative estimate of drug-likeness (QED) is 0.462. The van der Waals surface area contributed by atoms with Crippen molar-refractivity contribution < 1.29 is 4.74 Å². The summed E-state index contributed by atoms with van der Waals surface area (Å²) in [5.74, 6) is 0.617. The number of benzene rings is 2. The van der Waals surface area contributed by atoms with E-state index in [9.17, 15) is 0 Å². The van der Waals surface area contributed by atoms with Crippen molar-refractivity contribution in [3.63, 3.8) is 0 Å². The summed E-state index contributed by atoms with van der Waals surface area (Å²) >= 11 is 12.3. The van der Waals surface area contributed by atoms with Crippen molar-refractivity contribution in [2.24, 2.45) is 0 Å². The Hall–Kier alpha value is -2.01. The van der Waals surface area contributed by atoms with Gasteiger partial charge in [0.15, 0.2) is 0 Å². The molecule has 3 aromatic rings. The molecule has 0 bridgehead atoms. The predicted molar refractivity (Wildman–Crippen MR) is 115 cm³/mol. The minimum absolute atomic E-state index is 0.502. The van der Waals surface area contributed by atoms with Gasteiger partial charge in [0.05, 0.1) is 28.0 Å². The summed E-state index contributed by atoms with van der Waals surface area (Å²) in [5.41, 5.74) is 2.86. The molecule has 0 atom stereocenters. The van der Waals surface area contributed by atoms with Crippen molar-refractivity contribution in [1.82, 2.24) is 14.7 Å². The van der Waals surface area contributed by atoms with Gasteiger partial charge in [0.25, 0.3) is 0 Å². The molecule has 28 heavy (non-hydrogen) atoms. The Bertz CT molecular complexity index is 921. The normalized spacial score (nSPS) is 14.5. The van der Waals surface area contributed by atoms with Gasteiger partial charge in [0.1, 0.15) is 0 Å². The van der Waals surface area contributed by atoms with Crippen LogP contribution >= 0.6 is 23.2 Å². The highest BCUT2D eigenvalue weighted by molar-refractivity contribution is 6.42. The van der Waals surface area contributed by atoms with E-state index in [2.05, 4.69) is 22.1 Å². The summed E-state index contributed by atoms with van der Waals surface area (Å²) < 4.78 is 7.82. The van der Waals surface area contributed by atoms with Crippen LogP contribution in [0.2, 0.25) is 10.0 Å². The number of nitrogens with zero attached hydrogens (tertiary/aromatic N) is 3. The highest BCUT2D eigenvalue weighted by Crippen LogP contribution is 2.30. The number of halogens is 2. The lowest BCUT2D eigenvalue weighted by molar-refractivity contribution is 0.256. The lowest BCUT2D eigenvalue weighted by atomic mass is 10.1. The van der Waals surface area contributed by atoms with Gasteiger partial charge in [-0.05, 0) is 50.6 Å². The van der Waals surface area contributed by atoms with Crippen LogP contribution in [0.4, 0.5) is 0 Å². The van der Waals surface area contributed by atoms with Crippen LogP contribution < -0.4 is 4.74 Å². The van der Waals surface area contributed by atoms with E-state index in [0.717, 1.165) is 29.9 Å². The average Bonchev–Trinajstić information content (AvgIpc) is 3.38. The van der Waals surface area contributed by atoms with Crippen LogP contribution in [0.25, 0.3) is 16.9 Å². The SMILES string of the molecule is Clc1ccc(-n2nc(OCCCN3CCCC3)cc2-c2ccccc2)cc1Cl. The molecule has 1 saturated heterocycles. The molecule has 6 heteroatoms. The lowest BCUT2D eigenvalue weighted by Gasteiger charge is -2.13. The molecule has 1 fully saturated rings. The Labute approximate surface area is 175 Å². The number of aromatic nitrogens is 2. The van der Waals surface area contributed by atoms with E-state index in [-0.39, 0.29) is 0 Å². The van der Waals surface area contributed by atoms with E-state index in [1.807, 2.05) is 41.1 Å². The van der Waals surface area contributed by atoms with Crippen LogP contribution in [-0.4, -0.2) is 40.9 Å². The van der Waals surface area contributed by atoms with Crippen molar-refractivity contribution in [3.05, 3.63) is 64.6 Å². The summed E-state index contributed by atoms with van der Waals surface area (Å²) in [6.45, 7) is 4.16. The topological polar surface area (TPSA) is 30.3 Å². The molecule has 1 aromatic heterocycles. The van der Waals surface area contributed by atoms with Crippen molar-refractivity contribution >= 4 is 23.2 Å². The second-order valence-electron chi connectivity index (χ2n) is 6.99. The predicted octanol–water partition coefficient (Wildman–Crippen LogP) is 5.71. The van der Waals surface area contributed by atoms with Gasteiger partial charge in [0.2, 0.25) is 5.88 Å². The van der Waals surface area contributed by atoms with Crippen LogP contribution in [-0.2, 0) is 0 Å². The minimum atomic E-state index is 0.502. The molecule has 2 aromatic carbocycles. The second kappa shape index (κ2) is 8.99. The molecule has 0 radical (unpaired) electrons. The summed E-state index contributed by atoms with van der Waals surface area (Å²) in [4.78, 5) is 2.49. The van der Waals surface area contributed by atoms with Gasteiger partial charge < -0.3 is 9.64 Å². The largest absolute Gasteiger partial charge is 0.477 e. The molecule has 4 nitrogen and oxygen atoms in total. The summed E-state index contributed by atoms with van der Waals surface area (Å²) in [6.07, 6.45) is 3.63. The van der Waals surface area contributed by atoms with Crippen LogP contribution in [0.15, 0.2) is 54.6 Å². The molecule has 1 aliphatic rings. The van der Waals surface area contributed by atoms with Crippen molar-refractivity contribution in [3.8, 4) is 22.8 Å². The maximum atomic E-state index is 6.22. The molecule has 0 saturated carbocycles. The van der Waals surface area contributed by atoms with Gasteiger partial charge in [-0.25, -0.2) is 4.68 Å². The Morgan fingerprint density at radius 1 is 0.929 bits per heavy atom. The minimum Gasteiger partial charge on any atom is -0.477 e. The zero-order valence-electron chi connectivity index (χ0n) is 15.7. The van der Waals surface area contributed by atoms with E-state index in [1.165, 1.54) is 25.9 Å². The van der Waals surface area contributed by atoms with Gasteiger partial charge in [0, 0.05) is 18.2 Å². The summed E-state index contributed by atoms with van der Waals surface area (Å²) in [5, 5.41) is 5.70. The number of hydrogen-bond donors (Lipinski definition) is 0. The zero-order chi connectivity index (χ0) is 19.3. The van der Waals surface area contributed by atoms with E-state index < -0.39 is 0 Å². The molecule has 0 aliphatic carbocycles. The van der Waals surface area contributed by atoms with E-state index >= 15 is 0 Å². The fraction of sp³-hybridized carbons (Fsp3) is 0.318. The first kappa shape index (κ1) is 19.3. The monoisotopic (exact) mass is 415 g/mol. The first-order chi connectivity index (χ1) is 13.7. The van der Waals surface area contributed by atoms with Crippen LogP contribution in [0.3, 0.4) is 0 Å². The average molecular weight is 416 g/mol. The third-order valence-corrected chi connectivity index (χ3v) is 5.71. The smallest absolute Gasteiger partial charge is 0.233 e. The molecule has 1 aliphatic heterocycles. The van der Waals surface area contributed by atoms with E-state index in [1.54, 1.807) is 6.07 Å². The third kappa shape index (κ3) is 4.52. The van der Waals surface area contributed by atoms with Gasteiger partial charge in [-0.1, -0.05) is 53.5 Å². The van der Waals surface area contributed by atoms with E-state index in [0.29, 0.717) is 22.5 Å². The lowest BCUT2D eigenvalue weighted by Crippen LogP contribution is -2.21. The molecule has 0 amide bonds. The number of likely N-dealkylation sites (tertiary alicyclic amines) is 1. The standard InChI is InChI=1S/C22H23Cl2N3O/c23-19-10-9-18(15-20(19)24)27-21(17-7-2-1-3-8-17)16-22(25-27)28-14-6-13-26-11-4-5-12-26/h1-3,7-10,15-16H,4-6,11-14H2. The van der Waals surface area contributed by atoms with Gasteiger partial charge in [-0.3, -0.25) is 0 Å². The van der Waals surface area contributed by atoms with Crippen molar-refractivity contribution in [2.75, 3.05) is 26.2 Å². The number of hydrogen-bond acceptors (Lipinski definition) is 3. The van der Waals surface area contributed by atoms with Crippen molar-refractivity contribution in [1.29, 1.82) is 0 Å². The van der Waals surface area contributed by atoms with Crippen molar-refractivity contribution in [2.45, 2.75) is 19.3 Å². The molecule has 146 valence electrons. The molecular weight excluding hydrogens is 393 g/mol. The van der Waals surface area contributed by atoms with Gasteiger partial charge in [-0.15, -0.1) is 5.10 Å². The molecule has 2 heterocycles. The molecule has 0 unspecified atom stereocenters. The number of rotatable bonds is 7. The summed E-state index contributed by atoms with van der Waals surface area (Å²) in [7, 11) is 0. The first-order valence-electron chi connectivity index (χ1n) is 9.67. The Morgan fingerprint density at radius 2 is 1.71 bits per heavy atom. The molecular formula is C22H23Cl2N3O. The Balaban J connectivity index is 1.54.